The molecule has 0 radical (unpaired) electrons. The lowest BCUT2D eigenvalue weighted by Crippen LogP contribution is -2.27. The second kappa shape index (κ2) is 8.88. The number of rotatable bonds is 6. The maximum atomic E-state index is 12.2. The number of carboxylic acid groups (broad SMARTS) is 1. The average molecular weight is 394 g/mol. The van der Waals surface area contributed by atoms with E-state index < -0.39 is 11.9 Å². The van der Waals surface area contributed by atoms with Crippen molar-refractivity contribution in [3.8, 4) is 11.5 Å². The van der Waals surface area contributed by atoms with E-state index in [2.05, 4.69) is 5.32 Å². The van der Waals surface area contributed by atoms with Gasteiger partial charge in [0.2, 0.25) is 0 Å². The van der Waals surface area contributed by atoms with Gasteiger partial charge in [-0.05, 0) is 48.0 Å². The molecule has 0 aliphatic heterocycles. The number of carboxylic acids is 1. The van der Waals surface area contributed by atoms with Gasteiger partial charge in [-0.3, -0.25) is 4.79 Å². The first-order valence-electron chi connectivity index (χ1n) is 8.37. The minimum atomic E-state index is -1.25. The summed E-state index contributed by atoms with van der Waals surface area (Å²) in [6, 6.07) is 22.2. The van der Waals surface area contributed by atoms with Crippen molar-refractivity contribution in [3.05, 3.63) is 101 Å². The Morgan fingerprint density at radius 3 is 2.36 bits per heavy atom. The van der Waals surface area contributed by atoms with Gasteiger partial charge in [0.15, 0.2) is 0 Å². The second-order valence-corrected chi connectivity index (χ2v) is 6.20. The van der Waals surface area contributed by atoms with Crippen molar-refractivity contribution in [2.75, 3.05) is 0 Å². The number of carbonyl (C=O) groups excluding carboxylic acids is 1. The third-order valence-electron chi connectivity index (χ3n) is 3.75. The SMILES string of the molecule is O=C(O)/C(=C\c1cccc(Oc2ccccc2Cl)c1)NC(=O)c1ccccc1. The molecule has 6 heteroatoms. The molecule has 0 heterocycles. The van der Waals surface area contributed by atoms with E-state index in [4.69, 9.17) is 16.3 Å². The highest BCUT2D eigenvalue weighted by atomic mass is 35.5. The van der Waals surface area contributed by atoms with Crippen molar-refractivity contribution in [2.45, 2.75) is 0 Å². The van der Waals surface area contributed by atoms with Gasteiger partial charge < -0.3 is 15.2 Å². The van der Waals surface area contributed by atoms with Crippen LogP contribution in [0.4, 0.5) is 0 Å². The smallest absolute Gasteiger partial charge is 0.352 e. The summed E-state index contributed by atoms with van der Waals surface area (Å²) in [5.41, 5.74) is 0.671. The minimum Gasteiger partial charge on any atom is -0.477 e. The molecule has 0 atom stereocenters. The lowest BCUT2D eigenvalue weighted by Gasteiger charge is -2.09. The van der Waals surface area contributed by atoms with Crippen molar-refractivity contribution in [3.63, 3.8) is 0 Å². The summed E-state index contributed by atoms with van der Waals surface area (Å²) in [7, 11) is 0. The molecule has 140 valence electrons. The van der Waals surface area contributed by atoms with E-state index >= 15 is 0 Å². The molecule has 0 aliphatic carbocycles. The van der Waals surface area contributed by atoms with Gasteiger partial charge in [0.1, 0.15) is 17.2 Å². The van der Waals surface area contributed by atoms with Crippen LogP contribution in [0.15, 0.2) is 84.6 Å². The third kappa shape index (κ3) is 4.99. The molecule has 0 unspecified atom stereocenters. The standard InChI is InChI=1S/C22H16ClNO4/c23-18-11-4-5-12-20(18)28-17-10-6-7-15(13-17)14-19(22(26)27)24-21(25)16-8-2-1-3-9-16/h1-14H,(H,24,25)(H,26,27)/b19-14+. The number of ether oxygens (including phenoxy) is 1. The van der Waals surface area contributed by atoms with E-state index in [1.807, 2.05) is 0 Å². The molecule has 5 nitrogen and oxygen atoms in total. The summed E-state index contributed by atoms with van der Waals surface area (Å²) in [6.07, 6.45) is 1.36. The maximum Gasteiger partial charge on any atom is 0.352 e. The van der Waals surface area contributed by atoms with Crippen LogP contribution in [0.1, 0.15) is 15.9 Å². The van der Waals surface area contributed by atoms with Crippen LogP contribution in [-0.4, -0.2) is 17.0 Å². The molecular formula is C22H16ClNO4. The number of carbonyl (C=O) groups is 2. The van der Waals surface area contributed by atoms with Gasteiger partial charge in [0.25, 0.3) is 5.91 Å². The molecule has 0 saturated heterocycles. The predicted molar refractivity (Wildman–Crippen MR) is 107 cm³/mol. The highest BCUT2D eigenvalue weighted by Gasteiger charge is 2.13. The van der Waals surface area contributed by atoms with E-state index in [-0.39, 0.29) is 5.70 Å². The van der Waals surface area contributed by atoms with Crippen LogP contribution in [-0.2, 0) is 4.79 Å². The van der Waals surface area contributed by atoms with Crippen molar-refractivity contribution < 1.29 is 19.4 Å². The van der Waals surface area contributed by atoms with Crippen LogP contribution in [0.5, 0.6) is 11.5 Å². The number of para-hydroxylation sites is 1. The summed E-state index contributed by atoms with van der Waals surface area (Å²) in [6.45, 7) is 0. The number of halogens is 1. The molecule has 0 spiro atoms. The largest absolute Gasteiger partial charge is 0.477 e. The van der Waals surface area contributed by atoms with E-state index in [0.717, 1.165) is 0 Å². The van der Waals surface area contributed by atoms with Crippen molar-refractivity contribution in [1.29, 1.82) is 0 Å². The fourth-order valence-corrected chi connectivity index (χ4v) is 2.60. The zero-order chi connectivity index (χ0) is 19.9. The molecule has 0 aromatic heterocycles. The molecule has 3 aromatic rings. The van der Waals surface area contributed by atoms with Crippen LogP contribution in [0, 0.1) is 0 Å². The first kappa shape index (κ1) is 19.2. The molecule has 1 amide bonds. The Balaban J connectivity index is 1.82. The fraction of sp³-hybridized carbons (Fsp3) is 0. The topological polar surface area (TPSA) is 75.6 Å². The number of hydrogen-bond donors (Lipinski definition) is 2. The number of benzene rings is 3. The lowest BCUT2D eigenvalue weighted by molar-refractivity contribution is -0.132. The Bertz CT molecular complexity index is 1030. The summed E-state index contributed by atoms with van der Waals surface area (Å²) >= 11 is 6.09. The van der Waals surface area contributed by atoms with Gasteiger partial charge >= 0.3 is 5.97 Å². The normalized spacial score (nSPS) is 11.0. The Hall–Kier alpha value is -3.57. The number of hydrogen-bond acceptors (Lipinski definition) is 3. The molecule has 3 rings (SSSR count). The minimum absolute atomic E-state index is 0.247. The number of amides is 1. The predicted octanol–water partition coefficient (Wildman–Crippen LogP) is 4.99. The van der Waals surface area contributed by atoms with Crippen LogP contribution in [0.25, 0.3) is 6.08 Å². The molecule has 0 aliphatic rings. The van der Waals surface area contributed by atoms with Gasteiger partial charge in [-0.15, -0.1) is 0 Å². The zero-order valence-electron chi connectivity index (χ0n) is 14.6. The van der Waals surface area contributed by atoms with Crippen molar-refractivity contribution in [1.82, 2.24) is 5.32 Å². The van der Waals surface area contributed by atoms with E-state index in [9.17, 15) is 14.7 Å². The van der Waals surface area contributed by atoms with E-state index in [1.165, 1.54) is 6.08 Å². The van der Waals surface area contributed by atoms with E-state index in [0.29, 0.717) is 27.6 Å². The highest BCUT2D eigenvalue weighted by molar-refractivity contribution is 6.32. The van der Waals surface area contributed by atoms with Gasteiger partial charge in [0, 0.05) is 5.56 Å². The zero-order valence-corrected chi connectivity index (χ0v) is 15.4. The number of nitrogens with one attached hydrogen (secondary N) is 1. The quantitative estimate of drug-likeness (QED) is 0.578. The summed E-state index contributed by atoms with van der Waals surface area (Å²) in [5.74, 6) is -0.776. The van der Waals surface area contributed by atoms with Crippen LogP contribution in [0.3, 0.4) is 0 Å². The fourth-order valence-electron chi connectivity index (χ4n) is 2.42. The second-order valence-electron chi connectivity index (χ2n) is 5.79. The van der Waals surface area contributed by atoms with Crippen LogP contribution >= 0.6 is 11.6 Å². The van der Waals surface area contributed by atoms with Crippen LogP contribution < -0.4 is 10.1 Å². The molecule has 0 fully saturated rings. The number of aliphatic carboxylic acids is 1. The first-order chi connectivity index (χ1) is 13.5. The summed E-state index contributed by atoms with van der Waals surface area (Å²) in [5, 5.41) is 12.3. The van der Waals surface area contributed by atoms with E-state index in [1.54, 1.807) is 78.9 Å². The molecule has 0 saturated carbocycles. The highest BCUT2D eigenvalue weighted by Crippen LogP contribution is 2.29. The Morgan fingerprint density at radius 1 is 0.929 bits per heavy atom. The van der Waals surface area contributed by atoms with Gasteiger partial charge in [-0.1, -0.05) is 54.1 Å². The molecule has 2 N–H and O–H groups in total. The molecule has 3 aromatic carbocycles. The Kier molecular flexibility index (Phi) is 6.09. The molecular weight excluding hydrogens is 378 g/mol. The van der Waals surface area contributed by atoms with Gasteiger partial charge in [-0.2, -0.15) is 0 Å². The molecule has 0 bridgehead atoms. The Labute approximate surface area is 166 Å². The monoisotopic (exact) mass is 393 g/mol. The van der Waals surface area contributed by atoms with Gasteiger partial charge in [-0.25, -0.2) is 4.79 Å². The first-order valence-corrected chi connectivity index (χ1v) is 8.74. The maximum absolute atomic E-state index is 12.2. The Morgan fingerprint density at radius 2 is 1.64 bits per heavy atom. The average Bonchev–Trinajstić information content (AvgIpc) is 2.70. The third-order valence-corrected chi connectivity index (χ3v) is 4.06. The molecule has 28 heavy (non-hydrogen) atoms. The summed E-state index contributed by atoms with van der Waals surface area (Å²) in [4.78, 5) is 23.8. The van der Waals surface area contributed by atoms with Gasteiger partial charge in [0.05, 0.1) is 5.02 Å². The van der Waals surface area contributed by atoms with Crippen LogP contribution in [0.2, 0.25) is 5.02 Å². The lowest BCUT2D eigenvalue weighted by atomic mass is 10.1. The van der Waals surface area contributed by atoms with Crippen molar-refractivity contribution in [2.24, 2.45) is 0 Å². The van der Waals surface area contributed by atoms with Crippen molar-refractivity contribution >= 4 is 29.6 Å². The summed E-state index contributed by atoms with van der Waals surface area (Å²) < 4.78 is 5.75.